The molecular weight excluding hydrogens is 368 g/mol. The molecule has 0 saturated carbocycles. The SMILES string of the molecule is CCCCCCCC/C=C\CCCCCCCC(=O)O.CCSC(C=O)CC. The minimum absolute atomic E-state index is 0.236. The molecule has 0 amide bonds. The lowest BCUT2D eigenvalue weighted by Gasteiger charge is -2.01. The molecule has 0 aromatic heterocycles. The number of aliphatic carboxylic acids is 1. The van der Waals surface area contributed by atoms with E-state index in [1.54, 1.807) is 11.8 Å². The molecule has 1 atom stereocenters. The van der Waals surface area contributed by atoms with Gasteiger partial charge in [0.05, 0.1) is 5.25 Å². The number of unbranched alkanes of at least 4 members (excludes halogenated alkanes) is 11. The number of carbonyl (C=O) groups excluding carboxylic acids is 1. The number of allylic oxidation sites excluding steroid dienone is 2. The van der Waals surface area contributed by atoms with Crippen molar-refractivity contribution in [2.45, 2.75) is 122 Å². The molecule has 0 aromatic rings. The lowest BCUT2D eigenvalue weighted by Crippen LogP contribution is -2.01. The van der Waals surface area contributed by atoms with Gasteiger partial charge >= 0.3 is 5.97 Å². The number of thioether (sulfide) groups is 1. The Kier molecular flexibility index (Phi) is 27.6. The van der Waals surface area contributed by atoms with E-state index >= 15 is 0 Å². The van der Waals surface area contributed by atoms with E-state index < -0.39 is 5.97 Å². The van der Waals surface area contributed by atoms with Crippen LogP contribution >= 0.6 is 11.8 Å². The number of aldehydes is 1. The van der Waals surface area contributed by atoms with Crippen LogP contribution < -0.4 is 0 Å². The maximum absolute atomic E-state index is 10.3. The summed E-state index contributed by atoms with van der Waals surface area (Å²) in [6, 6.07) is 0. The van der Waals surface area contributed by atoms with E-state index in [-0.39, 0.29) is 5.25 Å². The van der Waals surface area contributed by atoms with Crippen molar-refractivity contribution in [3.05, 3.63) is 12.2 Å². The highest BCUT2D eigenvalue weighted by molar-refractivity contribution is 8.00. The molecule has 0 fully saturated rings. The summed E-state index contributed by atoms with van der Waals surface area (Å²) in [6.45, 7) is 6.35. The second-order valence-electron chi connectivity index (χ2n) is 7.27. The Balaban J connectivity index is 0. The summed E-state index contributed by atoms with van der Waals surface area (Å²) >= 11 is 1.71. The molecule has 0 radical (unpaired) electrons. The molecule has 28 heavy (non-hydrogen) atoms. The van der Waals surface area contributed by atoms with E-state index in [1.807, 2.05) is 6.92 Å². The predicted molar refractivity (Wildman–Crippen MR) is 125 cm³/mol. The number of rotatable bonds is 19. The standard InChI is InChI=1S/C18H34O2.C6H12OS/c1-2-3-4-5-6-7-8-9-10-11-12-13-14-15-16-17-18(19)20;1-3-6(5-7)8-4-2/h9-10H,2-8,11-17H2,1H3,(H,19,20);5-6H,3-4H2,1-2H3/b10-9-;. The highest BCUT2D eigenvalue weighted by Gasteiger charge is 2.00. The summed E-state index contributed by atoms with van der Waals surface area (Å²) in [7, 11) is 0. The Labute approximate surface area is 179 Å². The fraction of sp³-hybridized carbons (Fsp3) is 0.833. The van der Waals surface area contributed by atoms with Gasteiger partial charge in [-0.1, -0.05) is 84.3 Å². The maximum Gasteiger partial charge on any atom is 0.303 e. The van der Waals surface area contributed by atoms with Crippen LogP contribution in [0.25, 0.3) is 0 Å². The third kappa shape index (κ3) is 27.4. The molecule has 166 valence electrons. The highest BCUT2D eigenvalue weighted by atomic mass is 32.2. The molecule has 4 heteroatoms. The van der Waals surface area contributed by atoms with Gasteiger partial charge < -0.3 is 9.90 Å². The van der Waals surface area contributed by atoms with E-state index in [0.29, 0.717) is 6.42 Å². The number of carbonyl (C=O) groups is 2. The van der Waals surface area contributed by atoms with E-state index in [4.69, 9.17) is 5.11 Å². The van der Waals surface area contributed by atoms with Crippen molar-refractivity contribution in [2.75, 3.05) is 5.75 Å². The molecule has 0 heterocycles. The fourth-order valence-corrected chi connectivity index (χ4v) is 3.56. The lowest BCUT2D eigenvalue weighted by molar-refractivity contribution is -0.137. The van der Waals surface area contributed by atoms with Gasteiger partial charge in [-0.05, 0) is 44.3 Å². The smallest absolute Gasteiger partial charge is 0.303 e. The molecule has 0 aliphatic rings. The molecule has 1 unspecified atom stereocenters. The molecule has 0 aliphatic carbocycles. The lowest BCUT2D eigenvalue weighted by atomic mass is 10.1. The molecule has 0 aliphatic heterocycles. The van der Waals surface area contributed by atoms with Crippen molar-refractivity contribution in [3.8, 4) is 0 Å². The van der Waals surface area contributed by atoms with Gasteiger partial charge in [-0.15, -0.1) is 0 Å². The highest BCUT2D eigenvalue weighted by Crippen LogP contribution is 2.10. The monoisotopic (exact) mass is 414 g/mol. The minimum atomic E-state index is -0.664. The van der Waals surface area contributed by atoms with Crippen LogP contribution in [0.1, 0.15) is 117 Å². The second kappa shape index (κ2) is 26.2. The summed E-state index contributed by atoms with van der Waals surface area (Å²) in [5.74, 6) is 0.375. The Morgan fingerprint density at radius 3 is 1.71 bits per heavy atom. The third-order valence-corrected chi connectivity index (χ3v) is 5.79. The second-order valence-corrected chi connectivity index (χ2v) is 8.78. The quantitative estimate of drug-likeness (QED) is 0.133. The zero-order valence-electron chi connectivity index (χ0n) is 18.8. The summed E-state index contributed by atoms with van der Waals surface area (Å²) in [4.78, 5) is 20.4. The van der Waals surface area contributed by atoms with E-state index in [0.717, 1.165) is 31.3 Å². The van der Waals surface area contributed by atoms with Crippen LogP contribution in [0.2, 0.25) is 0 Å². The number of hydrogen-bond acceptors (Lipinski definition) is 3. The van der Waals surface area contributed by atoms with Crippen molar-refractivity contribution < 1.29 is 14.7 Å². The Morgan fingerprint density at radius 2 is 1.32 bits per heavy atom. The van der Waals surface area contributed by atoms with Gasteiger partial charge in [0.25, 0.3) is 0 Å². The van der Waals surface area contributed by atoms with Gasteiger partial charge in [-0.3, -0.25) is 4.79 Å². The zero-order chi connectivity index (χ0) is 21.3. The van der Waals surface area contributed by atoms with Crippen LogP contribution in [0.5, 0.6) is 0 Å². The van der Waals surface area contributed by atoms with Crippen LogP contribution in [-0.4, -0.2) is 28.4 Å². The van der Waals surface area contributed by atoms with Crippen LogP contribution in [0.15, 0.2) is 12.2 Å². The van der Waals surface area contributed by atoms with Crippen LogP contribution in [0, 0.1) is 0 Å². The topological polar surface area (TPSA) is 54.4 Å². The molecular formula is C24H46O3S. The predicted octanol–water partition coefficient (Wildman–Crippen LogP) is 7.83. The van der Waals surface area contributed by atoms with Crippen molar-refractivity contribution in [1.29, 1.82) is 0 Å². The summed E-state index contributed by atoms with van der Waals surface area (Å²) in [6.07, 6.45) is 23.2. The molecule has 1 N–H and O–H groups in total. The number of carboxylic acids is 1. The third-order valence-electron chi connectivity index (χ3n) is 4.59. The van der Waals surface area contributed by atoms with Crippen LogP contribution in [0.3, 0.4) is 0 Å². The van der Waals surface area contributed by atoms with E-state index in [9.17, 15) is 9.59 Å². The Morgan fingerprint density at radius 1 is 0.821 bits per heavy atom. The Hall–Kier alpha value is -0.770. The normalized spacial score (nSPS) is 11.8. The van der Waals surface area contributed by atoms with Crippen molar-refractivity contribution in [3.63, 3.8) is 0 Å². The average Bonchev–Trinajstić information content (AvgIpc) is 2.69. The van der Waals surface area contributed by atoms with Gasteiger partial charge in [0.1, 0.15) is 6.29 Å². The van der Waals surface area contributed by atoms with Crippen LogP contribution in [0.4, 0.5) is 0 Å². The van der Waals surface area contributed by atoms with Crippen molar-refractivity contribution in [2.24, 2.45) is 0 Å². The Bertz CT molecular complexity index is 356. The summed E-state index contributed by atoms with van der Waals surface area (Å²) in [5, 5.41) is 8.74. The molecule has 3 nitrogen and oxygen atoms in total. The first-order valence-corrected chi connectivity index (χ1v) is 12.6. The zero-order valence-corrected chi connectivity index (χ0v) is 19.6. The van der Waals surface area contributed by atoms with Gasteiger partial charge in [-0.2, -0.15) is 11.8 Å². The van der Waals surface area contributed by atoms with Gasteiger partial charge in [-0.25, -0.2) is 0 Å². The summed E-state index contributed by atoms with van der Waals surface area (Å²) < 4.78 is 0. The molecule has 0 rings (SSSR count). The van der Waals surface area contributed by atoms with Gasteiger partial charge in [0.15, 0.2) is 0 Å². The number of hydrogen-bond donors (Lipinski definition) is 1. The summed E-state index contributed by atoms with van der Waals surface area (Å²) in [5.41, 5.74) is 0. The molecule has 0 bridgehead atoms. The van der Waals surface area contributed by atoms with Crippen molar-refractivity contribution in [1.82, 2.24) is 0 Å². The molecule has 0 spiro atoms. The van der Waals surface area contributed by atoms with E-state index in [2.05, 4.69) is 26.0 Å². The maximum atomic E-state index is 10.3. The van der Waals surface area contributed by atoms with Crippen molar-refractivity contribution >= 4 is 24.0 Å². The van der Waals surface area contributed by atoms with Gasteiger partial charge in [0, 0.05) is 6.42 Å². The largest absolute Gasteiger partial charge is 0.481 e. The first-order chi connectivity index (χ1) is 13.6. The van der Waals surface area contributed by atoms with E-state index in [1.165, 1.54) is 70.6 Å². The average molecular weight is 415 g/mol. The first-order valence-electron chi connectivity index (χ1n) is 11.6. The van der Waals surface area contributed by atoms with Crippen LogP contribution in [-0.2, 0) is 9.59 Å². The molecule has 0 saturated heterocycles. The first kappa shape index (κ1) is 29.4. The molecule has 0 aromatic carbocycles. The number of carboxylic acid groups (broad SMARTS) is 1. The van der Waals surface area contributed by atoms with Gasteiger partial charge in [0.2, 0.25) is 0 Å². The minimum Gasteiger partial charge on any atom is -0.481 e. The fourth-order valence-electron chi connectivity index (χ4n) is 2.81.